The van der Waals surface area contributed by atoms with Crippen LogP contribution in [0.15, 0.2) is 20.0 Å². The number of rotatable bonds is 6. The van der Waals surface area contributed by atoms with Gasteiger partial charge in [0.05, 0.1) is 6.54 Å². The van der Waals surface area contributed by atoms with Crippen LogP contribution in [0.4, 0.5) is 0 Å². The van der Waals surface area contributed by atoms with Gasteiger partial charge in [-0.25, -0.2) is 8.42 Å². The molecule has 0 bridgehead atoms. The van der Waals surface area contributed by atoms with E-state index in [2.05, 4.69) is 21.9 Å². The Morgan fingerprint density at radius 1 is 1.58 bits per heavy atom. The van der Waals surface area contributed by atoms with Crippen molar-refractivity contribution in [2.45, 2.75) is 24.3 Å². The van der Waals surface area contributed by atoms with Crippen LogP contribution in [0.2, 0.25) is 0 Å². The van der Waals surface area contributed by atoms with Crippen LogP contribution in [0.5, 0.6) is 0 Å². The molecule has 1 aliphatic rings. The van der Waals surface area contributed by atoms with Crippen molar-refractivity contribution in [3.05, 3.63) is 16.5 Å². The highest BCUT2D eigenvalue weighted by Gasteiger charge is 2.33. The average Bonchev–Trinajstić information content (AvgIpc) is 3.09. The summed E-state index contributed by atoms with van der Waals surface area (Å²) in [5.41, 5.74) is 0. The molecule has 0 saturated heterocycles. The Morgan fingerprint density at radius 2 is 2.26 bits per heavy atom. The molecule has 0 radical (unpaired) electrons. The van der Waals surface area contributed by atoms with E-state index in [1.54, 1.807) is 0 Å². The maximum Gasteiger partial charge on any atom is 0.248 e. The standard InChI is InChI=1S/C12H14BrNO4S/c1-2-5-14(7-9-3-4-9)19(16,17)11-6-10(8-15)18-12(11)13/h1,6,9,15H,3-5,7-8H2. The Balaban J connectivity index is 2.31. The van der Waals surface area contributed by atoms with Crippen molar-refractivity contribution in [1.82, 2.24) is 4.31 Å². The molecule has 19 heavy (non-hydrogen) atoms. The first-order valence-electron chi connectivity index (χ1n) is 5.81. The average molecular weight is 348 g/mol. The summed E-state index contributed by atoms with van der Waals surface area (Å²) in [5, 5.41) is 8.98. The number of hydrogen-bond donors (Lipinski definition) is 1. The zero-order valence-electron chi connectivity index (χ0n) is 10.2. The summed E-state index contributed by atoms with van der Waals surface area (Å²) < 4.78 is 31.5. The molecule has 1 fully saturated rings. The van der Waals surface area contributed by atoms with Crippen LogP contribution < -0.4 is 0 Å². The molecule has 1 aliphatic carbocycles. The zero-order valence-corrected chi connectivity index (χ0v) is 12.6. The maximum absolute atomic E-state index is 12.5. The van der Waals surface area contributed by atoms with Crippen molar-refractivity contribution in [1.29, 1.82) is 0 Å². The third kappa shape index (κ3) is 3.20. The highest BCUT2D eigenvalue weighted by atomic mass is 79.9. The summed E-state index contributed by atoms with van der Waals surface area (Å²) in [7, 11) is -3.70. The van der Waals surface area contributed by atoms with E-state index < -0.39 is 10.0 Å². The van der Waals surface area contributed by atoms with Gasteiger partial charge in [-0.15, -0.1) is 6.42 Å². The zero-order chi connectivity index (χ0) is 14.0. The van der Waals surface area contributed by atoms with Gasteiger partial charge < -0.3 is 9.52 Å². The fourth-order valence-electron chi connectivity index (χ4n) is 1.73. The molecular formula is C12H14BrNO4S. The molecule has 7 heteroatoms. The third-order valence-corrected chi connectivity index (χ3v) is 5.58. The molecule has 1 aromatic heterocycles. The lowest BCUT2D eigenvalue weighted by Crippen LogP contribution is -2.33. The van der Waals surface area contributed by atoms with Gasteiger partial charge in [-0.2, -0.15) is 4.31 Å². The predicted molar refractivity (Wildman–Crippen MR) is 72.6 cm³/mol. The van der Waals surface area contributed by atoms with Crippen molar-refractivity contribution >= 4 is 26.0 Å². The summed E-state index contributed by atoms with van der Waals surface area (Å²) in [6.07, 6.45) is 7.30. The SMILES string of the molecule is C#CCN(CC1CC1)S(=O)(=O)c1cc(CO)oc1Br. The first-order valence-corrected chi connectivity index (χ1v) is 8.05. The van der Waals surface area contributed by atoms with Crippen LogP contribution >= 0.6 is 15.9 Å². The molecule has 1 aromatic rings. The summed E-state index contributed by atoms with van der Waals surface area (Å²) in [5.74, 6) is 2.96. The predicted octanol–water partition coefficient (Wildman–Crippen LogP) is 1.57. The van der Waals surface area contributed by atoms with E-state index in [9.17, 15) is 8.42 Å². The Bertz CT molecular complexity index is 598. The van der Waals surface area contributed by atoms with E-state index in [-0.39, 0.29) is 28.5 Å². The minimum Gasteiger partial charge on any atom is -0.450 e. The first kappa shape index (κ1) is 14.6. The van der Waals surface area contributed by atoms with Crippen molar-refractivity contribution in [2.75, 3.05) is 13.1 Å². The minimum absolute atomic E-state index is 0.00690. The number of terminal acetylenes is 1. The summed E-state index contributed by atoms with van der Waals surface area (Å²) in [6.45, 7) is 0.107. The molecule has 0 aliphatic heterocycles. The molecule has 104 valence electrons. The van der Waals surface area contributed by atoms with Crippen LogP contribution in [0.3, 0.4) is 0 Å². The van der Waals surface area contributed by atoms with E-state index in [4.69, 9.17) is 15.9 Å². The second-order valence-corrected chi connectivity index (χ2v) is 7.08. The highest BCUT2D eigenvalue weighted by molar-refractivity contribution is 9.10. The lowest BCUT2D eigenvalue weighted by molar-refractivity contribution is 0.245. The van der Waals surface area contributed by atoms with E-state index in [1.165, 1.54) is 10.4 Å². The van der Waals surface area contributed by atoms with Gasteiger partial charge in [-0.1, -0.05) is 5.92 Å². The molecule has 2 rings (SSSR count). The first-order chi connectivity index (χ1) is 8.98. The van der Waals surface area contributed by atoms with Crippen molar-refractivity contribution in [3.63, 3.8) is 0 Å². The highest BCUT2D eigenvalue weighted by Crippen LogP contribution is 2.33. The summed E-state index contributed by atoms with van der Waals surface area (Å²) in [4.78, 5) is 0.00690. The number of aliphatic hydroxyl groups excluding tert-OH is 1. The van der Waals surface area contributed by atoms with E-state index in [1.807, 2.05) is 0 Å². The van der Waals surface area contributed by atoms with Gasteiger partial charge in [0.25, 0.3) is 0 Å². The Kier molecular flexibility index (Phi) is 4.36. The Labute approximate surface area is 120 Å². The van der Waals surface area contributed by atoms with E-state index in [0.717, 1.165) is 12.8 Å². The second kappa shape index (κ2) is 5.67. The van der Waals surface area contributed by atoms with Crippen LogP contribution in [0.1, 0.15) is 18.6 Å². The van der Waals surface area contributed by atoms with Gasteiger partial charge in [-0.3, -0.25) is 0 Å². The molecule has 0 amide bonds. The molecule has 1 saturated carbocycles. The van der Waals surface area contributed by atoms with E-state index in [0.29, 0.717) is 12.5 Å². The van der Waals surface area contributed by atoms with Crippen molar-refractivity contribution in [3.8, 4) is 12.3 Å². The van der Waals surface area contributed by atoms with Gasteiger partial charge in [0.2, 0.25) is 10.0 Å². The lowest BCUT2D eigenvalue weighted by atomic mass is 10.4. The maximum atomic E-state index is 12.5. The van der Waals surface area contributed by atoms with Crippen LogP contribution in [-0.4, -0.2) is 30.9 Å². The van der Waals surface area contributed by atoms with Crippen molar-refractivity contribution in [2.24, 2.45) is 5.92 Å². The summed E-state index contributed by atoms with van der Waals surface area (Å²) in [6, 6.07) is 1.32. The number of hydrogen-bond acceptors (Lipinski definition) is 4. The van der Waals surface area contributed by atoms with Crippen LogP contribution in [0.25, 0.3) is 0 Å². The van der Waals surface area contributed by atoms with Gasteiger partial charge >= 0.3 is 0 Å². The molecule has 1 N–H and O–H groups in total. The van der Waals surface area contributed by atoms with Gasteiger partial charge in [0, 0.05) is 12.6 Å². The molecule has 1 heterocycles. The molecule has 0 unspecified atom stereocenters. The van der Waals surface area contributed by atoms with Crippen molar-refractivity contribution < 1.29 is 17.9 Å². The van der Waals surface area contributed by atoms with Crippen LogP contribution in [-0.2, 0) is 16.6 Å². The fourth-order valence-corrected chi connectivity index (χ4v) is 4.12. The monoisotopic (exact) mass is 347 g/mol. The number of furan rings is 1. The van der Waals surface area contributed by atoms with E-state index >= 15 is 0 Å². The minimum atomic E-state index is -3.70. The lowest BCUT2D eigenvalue weighted by Gasteiger charge is -2.18. The van der Waals surface area contributed by atoms with Gasteiger partial charge in [-0.05, 0) is 34.7 Å². The normalized spacial score (nSPS) is 15.7. The Hall–Kier alpha value is -0.810. The van der Waals surface area contributed by atoms with Gasteiger partial charge in [0.15, 0.2) is 4.67 Å². The quantitative estimate of drug-likeness (QED) is 0.793. The molecule has 0 atom stereocenters. The molecule has 5 nitrogen and oxygen atoms in total. The van der Waals surface area contributed by atoms with Gasteiger partial charge in [0.1, 0.15) is 17.3 Å². The largest absolute Gasteiger partial charge is 0.450 e. The third-order valence-electron chi connectivity index (χ3n) is 2.91. The smallest absolute Gasteiger partial charge is 0.248 e. The number of halogens is 1. The molecule has 0 aromatic carbocycles. The molecule has 0 spiro atoms. The summed E-state index contributed by atoms with van der Waals surface area (Å²) >= 11 is 3.06. The molecular weight excluding hydrogens is 334 g/mol. The second-order valence-electron chi connectivity index (χ2n) is 4.45. The number of nitrogens with zero attached hydrogens (tertiary/aromatic N) is 1. The fraction of sp³-hybridized carbons (Fsp3) is 0.500. The Morgan fingerprint density at radius 3 is 2.74 bits per heavy atom. The van der Waals surface area contributed by atoms with Crippen LogP contribution in [0, 0.1) is 18.3 Å². The number of aliphatic hydroxyl groups is 1. The number of sulfonamides is 1. The topological polar surface area (TPSA) is 70.8 Å².